The lowest BCUT2D eigenvalue weighted by atomic mass is 10.1. The summed E-state index contributed by atoms with van der Waals surface area (Å²) in [6, 6.07) is 10.2. The molecule has 2 aromatic carbocycles. The number of carbonyl (C=O) groups is 2. The molecule has 0 atom stereocenters. The van der Waals surface area contributed by atoms with Crippen LogP contribution in [-0.4, -0.2) is 26.5 Å². The van der Waals surface area contributed by atoms with Gasteiger partial charge in [0.1, 0.15) is 11.5 Å². The minimum atomic E-state index is -0.856. The highest BCUT2D eigenvalue weighted by Crippen LogP contribution is 2.34. The van der Waals surface area contributed by atoms with E-state index in [-0.39, 0.29) is 11.5 Å². The minimum Gasteiger partial charge on any atom is -0.437 e. The highest BCUT2D eigenvalue weighted by Gasteiger charge is 2.14. The zero-order valence-electron chi connectivity index (χ0n) is 10.9. The van der Waals surface area contributed by atoms with Crippen LogP contribution in [-0.2, 0) is 9.47 Å². The number of methoxy groups -OCH3 is 2. The quantitative estimate of drug-likeness (QED) is 0.620. The molecule has 0 saturated carbocycles. The molecule has 0 radical (unpaired) electrons. The van der Waals surface area contributed by atoms with E-state index in [4.69, 9.17) is 9.47 Å². The van der Waals surface area contributed by atoms with Crippen molar-refractivity contribution in [3.63, 3.8) is 0 Å². The molecule has 0 amide bonds. The summed E-state index contributed by atoms with van der Waals surface area (Å²) in [7, 11) is 2.42. The van der Waals surface area contributed by atoms with Gasteiger partial charge in [-0.2, -0.15) is 0 Å². The van der Waals surface area contributed by atoms with E-state index in [0.29, 0.717) is 5.39 Å². The standard InChI is InChI=1S/C14H12O6/c1-17-13(15)19-10-7-3-5-9-6-4-8-11(12(9)10)20-14(16)18-2/h3-8H,1-2H3. The van der Waals surface area contributed by atoms with E-state index >= 15 is 0 Å². The largest absolute Gasteiger partial charge is 0.513 e. The Morgan fingerprint density at radius 2 is 1.25 bits per heavy atom. The SMILES string of the molecule is COC(=O)Oc1cccc2cccc(OC(=O)OC)c12. The van der Waals surface area contributed by atoms with Crippen LogP contribution in [0.25, 0.3) is 10.8 Å². The molecule has 0 fully saturated rings. The first-order valence-corrected chi connectivity index (χ1v) is 5.69. The lowest BCUT2D eigenvalue weighted by Gasteiger charge is -2.10. The average Bonchev–Trinajstić information content (AvgIpc) is 2.47. The fourth-order valence-electron chi connectivity index (χ4n) is 1.71. The lowest BCUT2D eigenvalue weighted by Crippen LogP contribution is -2.10. The first-order valence-electron chi connectivity index (χ1n) is 5.69. The Kier molecular flexibility index (Phi) is 4.05. The summed E-state index contributed by atoms with van der Waals surface area (Å²) < 4.78 is 19.0. The number of fused-ring (bicyclic) bond motifs is 1. The molecule has 0 N–H and O–H groups in total. The predicted octanol–water partition coefficient (Wildman–Crippen LogP) is 3.13. The second-order valence-corrected chi connectivity index (χ2v) is 3.72. The fourth-order valence-corrected chi connectivity index (χ4v) is 1.71. The third-order valence-electron chi connectivity index (χ3n) is 2.55. The molecule has 0 aliphatic heterocycles. The summed E-state index contributed by atoms with van der Waals surface area (Å²) in [5.74, 6) is 0.461. The third kappa shape index (κ3) is 2.80. The Morgan fingerprint density at radius 1 is 0.800 bits per heavy atom. The average molecular weight is 276 g/mol. The third-order valence-corrected chi connectivity index (χ3v) is 2.55. The zero-order valence-corrected chi connectivity index (χ0v) is 10.9. The molecule has 104 valence electrons. The maximum absolute atomic E-state index is 11.2. The van der Waals surface area contributed by atoms with Crippen LogP contribution in [0.2, 0.25) is 0 Å². The molecule has 2 aromatic rings. The van der Waals surface area contributed by atoms with Crippen LogP contribution in [0.1, 0.15) is 0 Å². The molecular formula is C14H12O6. The first-order chi connectivity index (χ1) is 9.65. The van der Waals surface area contributed by atoms with Gasteiger partial charge in [-0.25, -0.2) is 9.59 Å². The normalized spacial score (nSPS) is 9.90. The monoisotopic (exact) mass is 276 g/mol. The summed E-state index contributed by atoms with van der Waals surface area (Å²) >= 11 is 0. The van der Waals surface area contributed by atoms with Gasteiger partial charge in [-0.3, -0.25) is 0 Å². The van der Waals surface area contributed by atoms with Crippen LogP contribution >= 0.6 is 0 Å². The molecule has 20 heavy (non-hydrogen) atoms. The minimum absolute atomic E-state index is 0.230. The van der Waals surface area contributed by atoms with Gasteiger partial charge in [-0.05, 0) is 17.5 Å². The summed E-state index contributed by atoms with van der Waals surface area (Å²) in [6.45, 7) is 0. The maximum Gasteiger partial charge on any atom is 0.513 e. The van der Waals surface area contributed by atoms with Crippen molar-refractivity contribution in [2.75, 3.05) is 14.2 Å². The van der Waals surface area contributed by atoms with Crippen molar-refractivity contribution in [3.05, 3.63) is 36.4 Å². The van der Waals surface area contributed by atoms with Gasteiger partial charge in [0.05, 0.1) is 19.6 Å². The predicted molar refractivity (Wildman–Crippen MR) is 70.0 cm³/mol. The number of hydrogen-bond acceptors (Lipinski definition) is 6. The molecule has 0 bridgehead atoms. The molecular weight excluding hydrogens is 264 g/mol. The van der Waals surface area contributed by atoms with Crippen molar-refractivity contribution in [2.24, 2.45) is 0 Å². The molecule has 0 saturated heterocycles. The fraction of sp³-hybridized carbons (Fsp3) is 0.143. The molecule has 6 nitrogen and oxygen atoms in total. The van der Waals surface area contributed by atoms with Gasteiger partial charge in [0, 0.05) is 0 Å². The highest BCUT2D eigenvalue weighted by atomic mass is 16.7. The molecule has 6 heteroatoms. The van der Waals surface area contributed by atoms with E-state index in [9.17, 15) is 9.59 Å². The topological polar surface area (TPSA) is 71.1 Å². The van der Waals surface area contributed by atoms with Crippen molar-refractivity contribution in [1.82, 2.24) is 0 Å². The Bertz CT molecular complexity index is 596. The van der Waals surface area contributed by atoms with Crippen LogP contribution in [0.15, 0.2) is 36.4 Å². The lowest BCUT2D eigenvalue weighted by molar-refractivity contribution is 0.121. The second kappa shape index (κ2) is 5.92. The summed E-state index contributed by atoms with van der Waals surface area (Å²) in [4.78, 5) is 22.5. The molecule has 0 aliphatic carbocycles. The van der Waals surface area contributed by atoms with E-state index in [2.05, 4.69) is 9.47 Å². The van der Waals surface area contributed by atoms with Gasteiger partial charge in [0.25, 0.3) is 0 Å². The molecule has 0 aromatic heterocycles. The van der Waals surface area contributed by atoms with Crippen LogP contribution in [0.5, 0.6) is 11.5 Å². The van der Waals surface area contributed by atoms with Gasteiger partial charge in [0.15, 0.2) is 0 Å². The van der Waals surface area contributed by atoms with Crippen LogP contribution in [0.3, 0.4) is 0 Å². The van der Waals surface area contributed by atoms with Crippen LogP contribution in [0, 0.1) is 0 Å². The van der Waals surface area contributed by atoms with Gasteiger partial charge in [-0.15, -0.1) is 0 Å². The van der Waals surface area contributed by atoms with Crippen molar-refractivity contribution in [3.8, 4) is 11.5 Å². The Labute approximate surface area is 114 Å². The molecule has 2 rings (SSSR count). The van der Waals surface area contributed by atoms with E-state index in [0.717, 1.165) is 5.39 Å². The second-order valence-electron chi connectivity index (χ2n) is 3.72. The van der Waals surface area contributed by atoms with Crippen molar-refractivity contribution in [2.45, 2.75) is 0 Å². The van der Waals surface area contributed by atoms with Gasteiger partial charge in [-0.1, -0.05) is 24.3 Å². The first kappa shape index (κ1) is 13.7. The number of rotatable bonds is 2. The zero-order chi connectivity index (χ0) is 14.5. The van der Waals surface area contributed by atoms with Gasteiger partial charge >= 0.3 is 12.3 Å². The van der Waals surface area contributed by atoms with Crippen LogP contribution < -0.4 is 9.47 Å². The summed E-state index contributed by atoms with van der Waals surface area (Å²) in [5, 5.41) is 1.22. The molecule has 0 aliphatic rings. The number of ether oxygens (including phenoxy) is 4. The number of carbonyl (C=O) groups excluding carboxylic acids is 2. The Morgan fingerprint density at radius 3 is 1.65 bits per heavy atom. The van der Waals surface area contributed by atoms with E-state index < -0.39 is 12.3 Å². The molecule has 0 spiro atoms. The maximum atomic E-state index is 11.2. The Balaban J connectivity index is 2.52. The number of benzene rings is 2. The summed E-state index contributed by atoms with van der Waals surface area (Å²) in [5.41, 5.74) is 0. The highest BCUT2D eigenvalue weighted by molar-refractivity contribution is 5.95. The van der Waals surface area contributed by atoms with Gasteiger partial charge < -0.3 is 18.9 Å². The van der Waals surface area contributed by atoms with Gasteiger partial charge in [0.2, 0.25) is 0 Å². The summed E-state index contributed by atoms with van der Waals surface area (Å²) in [6.07, 6.45) is -1.71. The van der Waals surface area contributed by atoms with Crippen molar-refractivity contribution >= 4 is 23.1 Å². The molecule has 0 unspecified atom stereocenters. The van der Waals surface area contributed by atoms with Crippen LogP contribution in [0.4, 0.5) is 9.59 Å². The van der Waals surface area contributed by atoms with Crippen molar-refractivity contribution < 1.29 is 28.5 Å². The van der Waals surface area contributed by atoms with E-state index in [1.54, 1.807) is 36.4 Å². The van der Waals surface area contributed by atoms with Crippen molar-refractivity contribution in [1.29, 1.82) is 0 Å². The Hall–Kier alpha value is -2.76. The van der Waals surface area contributed by atoms with E-state index in [1.165, 1.54) is 14.2 Å². The molecule has 0 heterocycles. The number of hydrogen-bond donors (Lipinski definition) is 0. The smallest absolute Gasteiger partial charge is 0.437 e. The van der Waals surface area contributed by atoms with E-state index in [1.807, 2.05) is 0 Å².